The van der Waals surface area contributed by atoms with Crippen LogP contribution in [-0.2, 0) is 11.2 Å². The monoisotopic (exact) mass is 400 g/mol. The van der Waals surface area contributed by atoms with E-state index >= 15 is 0 Å². The fraction of sp³-hybridized carbons (Fsp3) is 0.571. The molecule has 0 radical (unpaired) electrons. The van der Waals surface area contributed by atoms with Gasteiger partial charge in [0.15, 0.2) is 0 Å². The first-order chi connectivity index (χ1) is 13.7. The Bertz CT molecular complexity index is 790. The van der Waals surface area contributed by atoms with Crippen LogP contribution in [0.15, 0.2) is 24.3 Å². The van der Waals surface area contributed by atoms with E-state index in [0.717, 1.165) is 36.2 Å². The Balaban J connectivity index is 1.16. The molecule has 3 amide bonds. The van der Waals surface area contributed by atoms with Gasteiger partial charge in [-0.25, -0.2) is 9.78 Å². The summed E-state index contributed by atoms with van der Waals surface area (Å²) in [7, 11) is 0. The van der Waals surface area contributed by atoms with Crippen molar-refractivity contribution in [3.63, 3.8) is 0 Å². The van der Waals surface area contributed by atoms with Gasteiger partial charge in [-0.1, -0.05) is 25.0 Å². The highest BCUT2D eigenvalue weighted by atomic mass is 32.1. The molecule has 0 spiro atoms. The molecule has 7 heteroatoms. The molecule has 28 heavy (non-hydrogen) atoms. The molecule has 6 nitrogen and oxygen atoms in total. The molecule has 1 saturated carbocycles. The summed E-state index contributed by atoms with van der Waals surface area (Å²) in [6, 6.07) is 8.15. The van der Waals surface area contributed by atoms with Gasteiger partial charge < -0.3 is 15.1 Å². The van der Waals surface area contributed by atoms with Crippen molar-refractivity contribution in [1.82, 2.24) is 20.1 Å². The molecule has 1 aromatic carbocycles. The molecule has 0 atom stereocenters. The van der Waals surface area contributed by atoms with Crippen LogP contribution in [0.25, 0.3) is 10.2 Å². The van der Waals surface area contributed by atoms with Crippen molar-refractivity contribution >= 4 is 33.5 Å². The smallest absolute Gasteiger partial charge is 0.317 e. The molecule has 2 fully saturated rings. The number of benzene rings is 1. The van der Waals surface area contributed by atoms with Crippen LogP contribution in [0, 0.1) is 5.92 Å². The third-order valence-electron chi connectivity index (χ3n) is 5.76. The van der Waals surface area contributed by atoms with Gasteiger partial charge >= 0.3 is 6.03 Å². The lowest BCUT2D eigenvalue weighted by molar-refractivity contribution is -0.136. The van der Waals surface area contributed by atoms with Gasteiger partial charge in [0, 0.05) is 45.1 Å². The van der Waals surface area contributed by atoms with E-state index in [1.807, 2.05) is 28.0 Å². The van der Waals surface area contributed by atoms with Crippen LogP contribution in [-0.4, -0.2) is 59.4 Å². The van der Waals surface area contributed by atoms with E-state index in [0.29, 0.717) is 38.6 Å². The number of hydrogen-bond acceptors (Lipinski definition) is 4. The van der Waals surface area contributed by atoms with E-state index in [1.54, 1.807) is 11.3 Å². The second kappa shape index (κ2) is 8.90. The van der Waals surface area contributed by atoms with Crippen LogP contribution < -0.4 is 5.32 Å². The van der Waals surface area contributed by atoms with Gasteiger partial charge in [-0.2, -0.15) is 0 Å². The van der Waals surface area contributed by atoms with Crippen LogP contribution in [0.3, 0.4) is 0 Å². The SMILES string of the molecule is O=C(NCCCc1nc2ccccc2s1)N1CCN(C(=O)C2CCCC2)CC1. The number of fused-ring (bicyclic) bond motifs is 1. The van der Waals surface area contributed by atoms with Crippen molar-refractivity contribution in [3.8, 4) is 0 Å². The van der Waals surface area contributed by atoms with Gasteiger partial charge in [0.25, 0.3) is 0 Å². The van der Waals surface area contributed by atoms with Crippen molar-refractivity contribution in [3.05, 3.63) is 29.3 Å². The van der Waals surface area contributed by atoms with E-state index in [9.17, 15) is 9.59 Å². The summed E-state index contributed by atoms with van der Waals surface area (Å²) in [5.74, 6) is 0.524. The molecule has 2 aliphatic rings. The second-order valence-electron chi connectivity index (χ2n) is 7.70. The normalized spacial score (nSPS) is 18.0. The summed E-state index contributed by atoms with van der Waals surface area (Å²) >= 11 is 1.73. The average molecular weight is 401 g/mol. The summed E-state index contributed by atoms with van der Waals surface area (Å²) < 4.78 is 1.21. The summed E-state index contributed by atoms with van der Waals surface area (Å²) in [6.07, 6.45) is 6.18. The standard InChI is InChI=1S/C21H28N4O2S/c26-20(16-6-1-2-7-16)24-12-14-25(15-13-24)21(27)22-11-5-10-19-23-17-8-3-4-9-18(17)28-19/h3-4,8-9,16H,1-2,5-7,10-15H2,(H,22,27). The predicted molar refractivity (Wildman–Crippen MR) is 111 cm³/mol. The Labute approximate surface area is 169 Å². The summed E-state index contributed by atoms with van der Waals surface area (Å²) in [5, 5.41) is 4.14. The number of nitrogens with zero attached hydrogens (tertiary/aromatic N) is 3. The lowest BCUT2D eigenvalue weighted by Crippen LogP contribution is -2.54. The molecule has 1 saturated heterocycles. The van der Waals surface area contributed by atoms with Crippen molar-refractivity contribution in [2.24, 2.45) is 5.92 Å². The fourth-order valence-corrected chi connectivity index (χ4v) is 5.14. The molecule has 1 aliphatic carbocycles. The topological polar surface area (TPSA) is 65.5 Å². The lowest BCUT2D eigenvalue weighted by Gasteiger charge is -2.36. The minimum absolute atomic E-state index is 0.0164. The van der Waals surface area contributed by atoms with Crippen LogP contribution in [0.4, 0.5) is 4.79 Å². The third kappa shape index (κ3) is 4.46. The molecule has 150 valence electrons. The Kier molecular flexibility index (Phi) is 6.10. The molecule has 2 aromatic rings. The van der Waals surface area contributed by atoms with Gasteiger partial charge in [-0.15, -0.1) is 11.3 Å². The molecule has 4 rings (SSSR count). The van der Waals surface area contributed by atoms with Crippen molar-refractivity contribution in [1.29, 1.82) is 0 Å². The van der Waals surface area contributed by atoms with Gasteiger partial charge in [-0.05, 0) is 31.4 Å². The zero-order chi connectivity index (χ0) is 19.3. The molecular formula is C21H28N4O2S. The maximum Gasteiger partial charge on any atom is 0.317 e. The van der Waals surface area contributed by atoms with E-state index in [2.05, 4.69) is 16.4 Å². The lowest BCUT2D eigenvalue weighted by atomic mass is 10.1. The van der Waals surface area contributed by atoms with Crippen LogP contribution in [0.2, 0.25) is 0 Å². The molecule has 2 heterocycles. The van der Waals surface area contributed by atoms with Gasteiger partial charge in [0.05, 0.1) is 15.2 Å². The Morgan fingerprint density at radius 3 is 2.54 bits per heavy atom. The summed E-state index contributed by atoms with van der Waals surface area (Å²) in [5.41, 5.74) is 1.05. The van der Waals surface area contributed by atoms with Gasteiger partial charge in [-0.3, -0.25) is 4.79 Å². The first-order valence-corrected chi connectivity index (χ1v) is 11.2. The van der Waals surface area contributed by atoms with Crippen LogP contribution in [0.5, 0.6) is 0 Å². The summed E-state index contributed by atoms with van der Waals surface area (Å²) in [6.45, 7) is 3.23. The predicted octanol–water partition coefficient (Wildman–Crippen LogP) is 3.27. The maximum atomic E-state index is 12.5. The third-order valence-corrected chi connectivity index (χ3v) is 6.86. The molecular weight excluding hydrogens is 372 g/mol. The van der Waals surface area contributed by atoms with Crippen molar-refractivity contribution < 1.29 is 9.59 Å². The number of amides is 3. The number of aromatic nitrogens is 1. The average Bonchev–Trinajstić information content (AvgIpc) is 3.40. The van der Waals surface area contributed by atoms with E-state index in [4.69, 9.17) is 0 Å². The number of nitrogens with one attached hydrogen (secondary N) is 1. The number of rotatable bonds is 5. The largest absolute Gasteiger partial charge is 0.339 e. The minimum atomic E-state index is -0.0164. The highest BCUT2D eigenvalue weighted by Crippen LogP contribution is 2.27. The number of piperazine rings is 1. The Hall–Kier alpha value is -2.15. The molecule has 0 bridgehead atoms. The van der Waals surface area contributed by atoms with Gasteiger partial charge in [0.2, 0.25) is 5.91 Å². The van der Waals surface area contributed by atoms with Crippen LogP contribution >= 0.6 is 11.3 Å². The summed E-state index contributed by atoms with van der Waals surface area (Å²) in [4.78, 5) is 33.3. The number of hydrogen-bond donors (Lipinski definition) is 1. The Morgan fingerprint density at radius 2 is 1.79 bits per heavy atom. The Morgan fingerprint density at radius 1 is 1.07 bits per heavy atom. The first kappa shape index (κ1) is 19.2. The first-order valence-electron chi connectivity index (χ1n) is 10.4. The number of carbonyl (C=O) groups is 2. The van der Waals surface area contributed by atoms with Gasteiger partial charge in [0.1, 0.15) is 0 Å². The molecule has 1 aliphatic heterocycles. The molecule has 1 aromatic heterocycles. The highest BCUT2D eigenvalue weighted by Gasteiger charge is 2.30. The zero-order valence-electron chi connectivity index (χ0n) is 16.2. The number of aryl methyl sites for hydroxylation is 1. The zero-order valence-corrected chi connectivity index (χ0v) is 17.0. The number of carbonyl (C=O) groups excluding carboxylic acids is 2. The van der Waals surface area contributed by atoms with Crippen LogP contribution in [0.1, 0.15) is 37.1 Å². The quantitative estimate of drug-likeness (QED) is 0.784. The number of urea groups is 1. The second-order valence-corrected chi connectivity index (χ2v) is 8.82. The van der Waals surface area contributed by atoms with Crippen molar-refractivity contribution in [2.45, 2.75) is 38.5 Å². The number of thiazole rings is 1. The molecule has 0 unspecified atom stereocenters. The number of para-hydroxylation sites is 1. The fourth-order valence-electron chi connectivity index (χ4n) is 4.13. The minimum Gasteiger partial charge on any atom is -0.339 e. The van der Waals surface area contributed by atoms with Crippen molar-refractivity contribution in [2.75, 3.05) is 32.7 Å². The highest BCUT2D eigenvalue weighted by molar-refractivity contribution is 7.18. The maximum absolute atomic E-state index is 12.5. The molecule has 1 N–H and O–H groups in total. The van der Waals surface area contributed by atoms with E-state index in [1.165, 1.54) is 17.5 Å². The van der Waals surface area contributed by atoms with E-state index < -0.39 is 0 Å². The van der Waals surface area contributed by atoms with E-state index in [-0.39, 0.29) is 11.9 Å².